The summed E-state index contributed by atoms with van der Waals surface area (Å²) in [6.45, 7) is 2.40. The number of ether oxygens (including phenoxy) is 1. The number of aromatic nitrogens is 8. The molecule has 5 aromatic rings. The average Bonchev–Trinajstić information content (AvgIpc) is 3.48. The Balaban J connectivity index is 1.48. The van der Waals surface area contributed by atoms with E-state index in [1.807, 2.05) is 6.92 Å². The van der Waals surface area contributed by atoms with Crippen molar-refractivity contribution in [2.45, 2.75) is 19.6 Å². The van der Waals surface area contributed by atoms with Gasteiger partial charge in [-0.15, -0.1) is 5.10 Å². The van der Waals surface area contributed by atoms with E-state index in [0.717, 1.165) is 0 Å². The Labute approximate surface area is 186 Å². The molecule has 0 aliphatic heterocycles. The van der Waals surface area contributed by atoms with Crippen molar-refractivity contribution in [3.8, 4) is 34.5 Å². The zero-order valence-corrected chi connectivity index (χ0v) is 17.4. The lowest BCUT2D eigenvalue weighted by molar-refractivity contribution is 0.193. The van der Waals surface area contributed by atoms with Crippen LogP contribution in [0.25, 0.3) is 28.3 Å². The molecule has 0 spiro atoms. The van der Waals surface area contributed by atoms with E-state index in [4.69, 9.17) is 4.74 Å². The molecule has 5 rings (SSSR count). The minimum atomic E-state index is -0.447. The van der Waals surface area contributed by atoms with Gasteiger partial charge in [0.15, 0.2) is 5.65 Å². The highest BCUT2D eigenvalue weighted by Crippen LogP contribution is 2.27. The Hall–Kier alpha value is -4.72. The lowest BCUT2D eigenvalue weighted by Gasteiger charge is -2.14. The van der Waals surface area contributed by atoms with Gasteiger partial charge in [-0.2, -0.15) is 10.4 Å². The second kappa shape index (κ2) is 8.43. The minimum absolute atomic E-state index is 0.183. The van der Waals surface area contributed by atoms with Gasteiger partial charge in [0.1, 0.15) is 29.7 Å². The number of tetrazole rings is 1. The van der Waals surface area contributed by atoms with Crippen LogP contribution < -0.4 is 4.74 Å². The van der Waals surface area contributed by atoms with Crippen LogP contribution in [0.15, 0.2) is 61.2 Å². The van der Waals surface area contributed by atoms with E-state index in [2.05, 4.69) is 36.7 Å². The summed E-state index contributed by atoms with van der Waals surface area (Å²) in [5, 5.41) is 25.1. The Morgan fingerprint density at radius 2 is 2.03 bits per heavy atom. The summed E-state index contributed by atoms with van der Waals surface area (Å²) in [7, 11) is 0. The molecule has 4 heterocycles. The summed E-state index contributed by atoms with van der Waals surface area (Å²) in [5.41, 5.74) is 2.96. The lowest BCUT2D eigenvalue weighted by Crippen LogP contribution is -2.20. The number of hydrogen-bond donors (Lipinski definition) is 0. The van der Waals surface area contributed by atoms with E-state index >= 15 is 0 Å². The van der Waals surface area contributed by atoms with Crippen LogP contribution in [-0.4, -0.2) is 45.9 Å². The molecule has 0 radical (unpaired) electrons. The summed E-state index contributed by atoms with van der Waals surface area (Å²) in [4.78, 5) is 8.74. The van der Waals surface area contributed by atoms with Crippen LogP contribution in [0.5, 0.6) is 5.75 Å². The zero-order valence-electron chi connectivity index (χ0n) is 17.4. The number of halogens is 1. The Morgan fingerprint density at radius 1 is 1.12 bits per heavy atom. The average molecular weight is 441 g/mol. The van der Waals surface area contributed by atoms with E-state index in [1.165, 1.54) is 24.5 Å². The van der Waals surface area contributed by atoms with Crippen LogP contribution in [0.1, 0.15) is 12.5 Å². The summed E-state index contributed by atoms with van der Waals surface area (Å²) in [6, 6.07) is 13.2. The summed E-state index contributed by atoms with van der Waals surface area (Å²) >= 11 is 0. The van der Waals surface area contributed by atoms with Gasteiger partial charge in [-0.3, -0.25) is 4.98 Å². The number of hydrogen-bond acceptors (Lipinski definition) is 8. The van der Waals surface area contributed by atoms with Crippen LogP contribution in [0.4, 0.5) is 4.39 Å². The molecule has 1 unspecified atom stereocenters. The lowest BCUT2D eigenvalue weighted by atomic mass is 10.1. The van der Waals surface area contributed by atoms with Gasteiger partial charge in [0, 0.05) is 17.8 Å². The number of fused-ring (bicyclic) bond motifs is 1. The van der Waals surface area contributed by atoms with Gasteiger partial charge in [0.05, 0.1) is 35.8 Å². The third-order valence-corrected chi connectivity index (χ3v) is 4.91. The summed E-state index contributed by atoms with van der Waals surface area (Å²) < 4.78 is 23.0. The second-order valence-corrected chi connectivity index (χ2v) is 7.27. The second-order valence-electron chi connectivity index (χ2n) is 7.27. The molecule has 11 heteroatoms. The quantitative estimate of drug-likeness (QED) is 0.394. The van der Waals surface area contributed by atoms with Crippen LogP contribution in [0.2, 0.25) is 0 Å². The molecule has 0 fully saturated rings. The summed E-state index contributed by atoms with van der Waals surface area (Å²) in [6.07, 6.45) is 4.54. The van der Waals surface area contributed by atoms with Crippen LogP contribution in [-0.2, 0) is 6.54 Å². The fourth-order valence-corrected chi connectivity index (χ4v) is 3.44. The van der Waals surface area contributed by atoms with Gasteiger partial charge in [-0.25, -0.2) is 18.6 Å². The Kier molecular flexibility index (Phi) is 5.16. The zero-order chi connectivity index (χ0) is 22.8. The maximum absolute atomic E-state index is 13.9. The maximum Gasteiger partial charge on any atom is 0.154 e. The molecule has 33 heavy (non-hydrogen) atoms. The predicted octanol–water partition coefficient (Wildman–Crippen LogP) is 2.92. The smallest absolute Gasteiger partial charge is 0.154 e. The van der Waals surface area contributed by atoms with Crippen molar-refractivity contribution in [2.75, 3.05) is 0 Å². The maximum atomic E-state index is 13.9. The number of rotatable bonds is 6. The highest BCUT2D eigenvalue weighted by atomic mass is 19.1. The molecule has 1 atom stereocenters. The van der Waals surface area contributed by atoms with Gasteiger partial charge in [-0.1, -0.05) is 0 Å². The van der Waals surface area contributed by atoms with Gasteiger partial charge in [0.25, 0.3) is 0 Å². The van der Waals surface area contributed by atoms with Crippen LogP contribution >= 0.6 is 0 Å². The Bertz CT molecular complexity index is 1470. The first-order chi connectivity index (χ1) is 16.1. The SMILES string of the molecule is CC(Cn1cnnn1)Oc1ccnc(-c2ccc3ncc(-c4cc(F)ccc4C#N)n3n2)c1. The Morgan fingerprint density at radius 3 is 2.85 bits per heavy atom. The van der Waals surface area contributed by atoms with Gasteiger partial charge in [0.2, 0.25) is 0 Å². The normalized spacial score (nSPS) is 11.9. The first-order valence-corrected chi connectivity index (χ1v) is 9.99. The number of imidazole rings is 1. The first kappa shape index (κ1) is 20.2. The molecule has 10 nitrogen and oxygen atoms in total. The fraction of sp³-hybridized carbons (Fsp3) is 0.136. The van der Waals surface area contributed by atoms with Gasteiger partial charge in [-0.05, 0) is 53.7 Å². The van der Waals surface area contributed by atoms with E-state index in [1.54, 1.807) is 45.9 Å². The third-order valence-electron chi connectivity index (χ3n) is 4.91. The third kappa shape index (κ3) is 4.09. The van der Waals surface area contributed by atoms with Gasteiger partial charge >= 0.3 is 0 Å². The minimum Gasteiger partial charge on any atom is -0.489 e. The number of nitriles is 1. The molecule has 0 saturated carbocycles. The molecule has 1 aromatic carbocycles. The van der Waals surface area contributed by atoms with Crippen molar-refractivity contribution in [2.24, 2.45) is 0 Å². The number of nitrogens with zero attached hydrogens (tertiary/aromatic N) is 9. The van der Waals surface area contributed by atoms with Crippen LogP contribution in [0, 0.1) is 17.1 Å². The van der Waals surface area contributed by atoms with E-state index in [0.29, 0.717) is 46.2 Å². The van der Waals surface area contributed by atoms with E-state index in [9.17, 15) is 9.65 Å². The fourth-order valence-electron chi connectivity index (χ4n) is 3.44. The van der Waals surface area contributed by atoms with Crippen molar-refractivity contribution in [1.82, 2.24) is 39.8 Å². The molecule has 0 N–H and O–H groups in total. The standard InChI is InChI=1S/C22H16FN9O/c1-14(12-31-13-27-29-30-31)33-17-6-7-25-20(9-17)19-4-5-22-26-11-21(32(22)28-19)18-8-16(23)3-2-15(18)10-24/h2-9,11,13-14H,12H2,1H3. The van der Waals surface area contributed by atoms with Crippen LogP contribution in [0.3, 0.4) is 0 Å². The van der Waals surface area contributed by atoms with Crippen molar-refractivity contribution >= 4 is 5.65 Å². The van der Waals surface area contributed by atoms with Crippen molar-refractivity contribution in [3.05, 3.63) is 72.6 Å². The van der Waals surface area contributed by atoms with Gasteiger partial charge < -0.3 is 4.74 Å². The highest BCUT2D eigenvalue weighted by Gasteiger charge is 2.15. The molecule has 0 amide bonds. The molecule has 0 saturated heterocycles. The van der Waals surface area contributed by atoms with E-state index < -0.39 is 5.82 Å². The molecule has 162 valence electrons. The molecular weight excluding hydrogens is 425 g/mol. The molecule has 0 aliphatic carbocycles. The molecule has 0 aliphatic rings. The molecule has 0 bridgehead atoms. The first-order valence-electron chi connectivity index (χ1n) is 9.99. The van der Waals surface area contributed by atoms with Crippen molar-refractivity contribution in [3.63, 3.8) is 0 Å². The van der Waals surface area contributed by atoms with Crippen molar-refractivity contribution in [1.29, 1.82) is 5.26 Å². The van der Waals surface area contributed by atoms with E-state index in [-0.39, 0.29) is 6.10 Å². The highest BCUT2D eigenvalue weighted by molar-refractivity contribution is 5.70. The predicted molar refractivity (Wildman–Crippen MR) is 114 cm³/mol. The summed E-state index contributed by atoms with van der Waals surface area (Å²) in [5.74, 6) is 0.169. The van der Waals surface area contributed by atoms with Crippen molar-refractivity contribution < 1.29 is 9.13 Å². The largest absolute Gasteiger partial charge is 0.489 e. The molecular formula is C22H16FN9O. The topological polar surface area (TPSA) is 120 Å². The molecule has 4 aromatic heterocycles. The number of pyridine rings is 1. The number of benzene rings is 1. The monoisotopic (exact) mass is 441 g/mol.